The summed E-state index contributed by atoms with van der Waals surface area (Å²) in [5.41, 5.74) is 3.05. The van der Waals surface area contributed by atoms with Crippen LogP contribution < -0.4 is 5.32 Å². The van der Waals surface area contributed by atoms with Gasteiger partial charge in [0.1, 0.15) is 0 Å². The smallest absolute Gasteiger partial charge is 0.0348 e. The number of benzene rings is 1. The Morgan fingerprint density at radius 1 is 1.10 bits per heavy atom. The van der Waals surface area contributed by atoms with Crippen LogP contribution in [-0.4, -0.2) is 6.54 Å². The van der Waals surface area contributed by atoms with E-state index < -0.39 is 0 Å². The highest BCUT2D eigenvalue weighted by Crippen LogP contribution is 2.57. The molecule has 110 valence electrons. The molecule has 1 N–H and O–H groups in total. The van der Waals surface area contributed by atoms with Gasteiger partial charge in [-0.15, -0.1) is 0 Å². The first-order chi connectivity index (χ1) is 9.81. The highest BCUT2D eigenvalue weighted by atomic mass is 14.9. The van der Waals surface area contributed by atoms with Crippen molar-refractivity contribution in [1.29, 1.82) is 0 Å². The van der Waals surface area contributed by atoms with E-state index in [0.29, 0.717) is 6.04 Å². The van der Waals surface area contributed by atoms with Crippen molar-refractivity contribution in [2.24, 2.45) is 17.8 Å². The molecular weight excluding hydrogens is 242 g/mol. The number of nitrogens with one attached hydrogen (secondary N) is 1. The summed E-state index contributed by atoms with van der Waals surface area (Å²) in [4.78, 5) is 0. The predicted octanol–water partition coefficient (Wildman–Crippen LogP) is 4.73. The maximum atomic E-state index is 3.84. The van der Waals surface area contributed by atoms with Crippen molar-refractivity contribution in [1.82, 2.24) is 5.32 Å². The molecule has 1 nitrogen and oxygen atoms in total. The molecule has 2 aliphatic carbocycles. The Bertz CT molecular complexity index is 429. The van der Waals surface area contributed by atoms with Crippen molar-refractivity contribution in [3.05, 3.63) is 35.4 Å². The minimum absolute atomic E-state index is 0.597. The molecule has 0 spiro atoms. The monoisotopic (exact) mass is 271 g/mol. The topological polar surface area (TPSA) is 12.0 Å². The highest BCUT2D eigenvalue weighted by molar-refractivity contribution is 5.27. The van der Waals surface area contributed by atoms with Crippen LogP contribution in [0.5, 0.6) is 0 Å². The van der Waals surface area contributed by atoms with E-state index in [1.54, 1.807) is 0 Å². The van der Waals surface area contributed by atoms with Crippen molar-refractivity contribution in [2.75, 3.05) is 6.54 Å². The molecule has 0 aliphatic heterocycles. The van der Waals surface area contributed by atoms with Gasteiger partial charge >= 0.3 is 0 Å². The second-order valence-corrected chi connectivity index (χ2v) is 6.91. The summed E-state index contributed by atoms with van der Waals surface area (Å²) in [6.07, 6.45) is 8.13. The fourth-order valence-electron chi connectivity index (χ4n) is 4.12. The van der Waals surface area contributed by atoms with E-state index in [0.717, 1.165) is 24.3 Å². The largest absolute Gasteiger partial charge is 0.310 e. The lowest BCUT2D eigenvalue weighted by molar-refractivity contribution is 0.341. The maximum absolute atomic E-state index is 3.84. The average molecular weight is 271 g/mol. The zero-order valence-corrected chi connectivity index (χ0v) is 13.1. The molecule has 1 aromatic rings. The zero-order valence-electron chi connectivity index (χ0n) is 13.1. The van der Waals surface area contributed by atoms with E-state index in [1.807, 2.05) is 0 Å². The van der Waals surface area contributed by atoms with Crippen LogP contribution in [0.2, 0.25) is 0 Å². The van der Waals surface area contributed by atoms with Crippen molar-refractivity contribution < 1.29 is 0 Å². The quantitative estimate of drug-likeness (QED) is 0.756. The Balaban J connectivity index is 1.74. The fourth-order valence-corrected chi connectivity index (χ4v) is 4.12. The lowest BCUT2D eigenvalue weighted by Crippen LogP contribution is -2.28. The SMILES string of the molecule is CCCNC(c1cccc(CCC)c1)C1CC2CC2C1. The molecule has 20 heavy (non-hydrogen) atoms. The lowest BCUT2D eigenvalue weighted by Gasteiger charge is -2.27. The summed E-state index contributed by atoms with van der Waals surface area (Å²) < 4.78 is 0. The third-order valence-corrected chi connectivity index (χ3v) is 5.21. The van der Waals surface area contributed by atoms with Crippen LogP contribution in [0.15, 0.2) is 24.3 Å². The number of rotatable bonds is 7. The van der Waals surface area contributed by atoms with Gasteiger partial charge in [-0.3, -0.25) is 0 Å². The Morgan fingerprint density at radius 3 is 2.60 bits per heavy atom. The number of hydrogen-bond acceptors (Lipinski definition) is 1. The molecule has 3 atom stereocenters. The van der Waals surface area contributed by atoms with Gasteiger partial charge < -0.3 is 5.32 Å². The average Bonchev–Trinajstić information content (AvgIpc) is 3.07. The summed E-state index contributed by atoms with van der Waals surface area (Å²) in [7, 11) is 0. The van der Waals surface area contributed by atoms with Crippen LogP contribution in [0.3, 0.4) is 0 Å². The summed E-state index contributed by atoms with van der Waals surface area (Å²) in [6.45, 7) is 5.68. The molecule has 2 aliphatic rings. The van der Waals surface area contributed by atoms with Gasteiger partial charge in [0.2, 0.25) is 0 Å². The second kappa shape index (κ2) is 6.30. The summed E-state index contributed by atoms with van der Waals surface area (Å²) in [5.74, 6) is 3.02. The zero-order chi connectivity index (χ0) is 13.9. The molecule has 3 rings (SSSR count). The van der Waals surface area contributed by atoms with E-state index in [9.17, 15) is 0 Å². The van der Waals surface area contributed by atoms with Gasteiger partial charge in [-0.2, -0.15) is 0 Å². The molecular formula is C19H29N. The van der Waals surface area contributed by atoms with E-state index in [2.05, 4.69) is 43.4 Å². The number of aryl methyl sites for hydroxylation is 1. The first-order valence-corrected chi connectivity index (χ1v) is 8.64. The first-order valence-electron chi connectivity index (χ1n) is 8.64. The van der Waals surface area contributed by atoms with Gasteiger partial charge in [0, 0.05) is 6.04 Å². The standard InChI is InChI=1S/C19H29N/c1-3-6-14-7-5-8-15(10-14)19(20-9-4-2)18-12-16-11-17(16)13-18/h5,7-8,10,16-20H,3-4,6,9,11-13H2,1-2H3. The lowest BCUT2D eigenvalue weighted by atomic mass is 9.88. The van der Waals surface area contributed by atoms with Crippen LogP contribution in [-0.2, 0) is 6.42 Å². The van der Waals surface area contributed by atoms with Crippen LogP contribution in [0, 0.1) is 17.8 Å². The van der Waals surface area contributed by atoms with Crippen molar-refractivity contribution in [3.63, 3.8) is 0 Å². The van der Waals surface area contributed by atoms with Crippen LogP contribution in [0.4, 0.5) is 0 Å². The van der Waals surface area contributed by atoms with Gasteiger partial charge in [0.05, 0.1) is 0 Å². The van der Waals surface area contributed by atoms with Gasteiger partial charge in [0.15, 0.2) is 0 Å². The molecule has 0 heterocycles. The van der Waals surface area contributed by atoms with Gasteiger partial charge in [0.25, 0.3) is 0 Å². The predicted molar refractivity (Wildman–Crippen MR) is 85.8 cm³/mol. The molecule has 0 aromatic heterocycles. The van der Waals surface area contributed by atoms with E-state index in [1.165, 1.54) is 49.7 Å². The van der Waals surface area contributed by atoms with Crippen molar-refractivity contribution >= 4 is 0 Å². The molecule has 0 bridgehead atoms. The number of hydrogen-bond donors (Lipinski definition) is 1. The molecule has 0 saturated heterocycles. The molecule has 0 amide bonds. The van der Waals surface area contributed by atoms with Crippen LogP contribution >= 0.6 is 0 Å². The summed E-state index contributed by atoms with van der Waals surface area (Å²) in [6, 6.07) is 9.95. The molecule has 3 unspecified atom stereocenters. The van der Waals surface area contributed by atoms with Gasteiger partial charge in [-0.25, -0.2) is 0 Å². The summed E-state index contributed by atoms with van der Waals surface area (Å²) in [5, 5.41) is 3.84. The maximum Gasteiger partial charge on any atom is 0.0348 e. The minimum atomic E-state index is 0.597. The Labute approximate surface area is 124 Å². The molecule has 0 radical (unpaired) electrons. The molecule has 2 saturated carbocycles. The Morgan fingerprint density at radius 2 is 1.90 bits per heavy atom. The number of fused-ring (bicyclic) bond motifs is 1. The van der Waals surface area contributed by atoms with Gasteiger partial charge in [-0.1, -0.05) is 44.5 Å². The van der Waals surface area contributed by atoms with E-state index in [4.69, 9.17) is 0 Å². The van der Waals surface area contributed by atoms with Crippen LogP contribution in [0.25, 0.3) is 0 Å². The van der Waals surface area contributed by atoms with E-state index >= 15 is 0 Å². The molecule has 2 fully saturated rings. The first kappa shape index (κ1) is 14.1. The van der Waals surface area contributed by atoms with Gasteiger partial charge in [-0.05, 0) is 67.5 Å². The van der Waals surface area contributed by atoms with Crippen LogP contribution in [0.1, 0.15) is 63.1 Å². The second-order valence-electron chi connectivity index (χ2n) is 6.91. The fraction of sp³-hybridized carbons (Fsp3) is 0.684. The summed E-state index contributed by atoms with van der Waals surface area (Å²) >= 11 is 0. The van der Waals surface area contributed by atoms with E-state index in [-0.39, 0.29) is 0 Å². The third-order valence-electron chi connectivity index (χ3n) is 5.21. The third kappa shape index (κ3) is 3.09. The molecule has 1 aromatic carbocycles. The minimum Gasteiger partial charge on any atom is -0.310 e. The molecule has 1 heteroatoms. The van der Waals surface area contributed by atoms with Crippen molar-refractivity contribution in [2.45, 2.75) is 58.4 Å². The highest BCUT2D eigenvalue weighted by Gasteiger charge is 2.47. The normalized spacial score (nSPS) is 29.2. The Hall–Kier alpha value is -0.820. The Kier molecular flexibility index (Phi) is 4.45. The van der Waals surface area contributed by atoms with Crippen molar-refractivity contribution in [3.8, 4) is 0 Å².